The van der Waals surface area contributed by atoms with E-state index in [0.717, 1.165) is 19.6 Å². The number of hydrogen-bond acceptors (Lipinski definition) is 1. The van der Waals surface area contributed by atoms with Crippen LogP contribution in [0.15, 0.2) is 0 Å². The Balaban J connectivity index is 2.86. The quantitative estimate of drug-likeness (QED) is 0.544. The highest BCUT2D eigenvalue weighted by Gasteiger charge is 1.95. The summed E-state index contributed by atoms with van der Waals surface area (Å²) < 4.78 is 5.15. The molecule has 0 aromatic rings. The summed E-state index contributed by atoms with van der Waals surface area (Å²) in [5, 5.41) is 0. The number of rotatable bonds is 4. The molecule has 0 saturated carbocycles. The van der Waals surface area contributed by atoms with Crippen LogP contribution in [0.2, 0.25) is 0 Å². The van der Waals surface area contributed by atoms with Crippen LogP contribution in [-0.4, -0.2) is 13.2 Å². The summed E-state index contributed by atoms with van der Waals surface area (Å²) in [6, 6.07) is 0. The average molecular weight is 115 g/mol. The second kappa shape index (κ2) is 5.10. The van der Waals surface area contributed by atoms with Gasteiger partial charge in [-0.2, -0.15) is 0 Å². The van der Waals surface area contributed by atoms with Crippen molar-refractivity contribution in [2.45, 2.75) is 27.2 Å². The Bertz CT molecular complexity index is 43.7. The molecule has 0 aliphatic heterocycles. The van der Waals surface area contributed by atoms with E-state index in [1.54, 1.807) is 0 Å². The zero-order valence-electron chi connectivity index (χ0n) is 6.03. The maximum absolute atomic E-state index is 5.15. The molecule has 0 atom stereocenters. The van der Waals surface area contributed by atoms with Crippen molar-refractivity contribution in [3.8, 4) is 0 Å². The van der Waals surface area contributed by atoms with Crippen molar-refractivity contribution in [1.29, 1.82) is 0 Å². The summed E-state index contributed by atoms with van der Waals surface area (Å²) in [5.74, 6) is 1.42. The summed E-state index contributed by atoms with van der Waals surface area (Å²) >= 11 is 0. The van der Waals surface area contributed by atoms with Crippen molar-refractivity contribution >= 4 is 0 Å². The van der Waals surface area contributed by atoms with Crippen LogP contribution in [-0.2, 0) is 4.74 Å². The van der Waals surface area contributed by atoms with E-state index in [1.807, 2.05) is 6.92 Å². The van der Waals surface area contributed by atoms with Crippen LogP contribution >= 0.6 is 0 Å². The van der Waals surface area contributed by atoms with Gasteiger partial charge in [0.2, 0.25) is 0 Å². The van der Waals surface area contributed by atoms with Gasteiger partial charge in [-0.05, 0) is 19.3 Å². The molecule has 0 heterocycles. The van der Waals surface area contributed by atoms with Crippen molar-refractivity contribution in [2.24, 2.45) is 0 Å². The van der Waals surface area contributed by atoms with Gasteiger partial charge in [-0.15, -0.1) is 0 Å². The Morgan fingerprint density at radius 1 is 1.38 bits per heavy atom. The van der Waals surface area contributed by atoms with E-state index in [4.69, 9.17) is 4.74 Å². The molecule has 49 valence electrons. The molecule has 0 amide bonds. The monoisotopic (exact) mass is 115 g/mol. The molecule has 0 aliphatic carbocycles. The van der Waals surface area contributed by atoms with Gasteiger partial charge in [-0.3, -0.25) is 0 Å². The van der Waals surface area contributed by atoms with Crippen LogP contribution in [0.1, 0.15) is 27.2 Å². The van der Waals surface area contributed by atoms with Crippen LogP contribution in [0, 0.1) is 5.92 Å². The third kappa shape index (κ3) is 4.13. The molecule has 0 aromatic carbocycles. The SMILES string of the molecule is CCOC[C](C)CC. The first-order valence-electron chi connectivity index (χ1n) is 3.20. The standard InChI is InChI=1S/C7H15O/c1-4-7(3)6-8-5-2/h4-6H2,1-3H3. The lowest BCUT2D eigenvalue weighted by Crippen LogP contribution is -2.01. The molecule has 0 aromatic heterocycles. The summed E-state index contributed by atoms with van der Waals surface area (Å²) in [6.07, 6.45) is 1.14. The smallest absolute Gasteiger partial charge is 0.0525 e. The Kier molecular flexibility index (Phi) is 5.08. The first-order chi connectivity index (χ1) is 3.81. The molecule has 8 heavy (non-hydrogen) atoms. The first-order valence-corrected chi connectivity index (χ1v) is 3.20. The Labute approximate surface area is 52.0 Å². The number of ether oxygens (including phenoxy) is 1. The molecular formula is C7H15O. The van der Waals surface area contributed by atoms with Gasteiger partial charge in [0.05, 0.1) is 6.61 Å². The molecule has 1 radical (unpaired) electrons. The molecule has 1 nitrogen and oxygen atoms in total. The van der Waals surface area contributed by atoms with Gasteiger partial charge < -0.3 is 4.74 Å². The second-order valence-electron chi connectivity index (χ2n) is 1.95. The first kappa shape index (κ1) is 7.96. The summed E-state index contributed by atoms with van der Waals surface area (Å²) in [5.41, 5.74) is 0. The Morgan fingerprint density at radius 2 is 2.00 bits per heavy atom. The highest BCUT2D eigenvalue weighted by molar-refractivity contribution is 4.80. The minimum Gasteiger partial charge on any atom is -0.381 e. The van der Waals surface area contributed by atoms with Crippen LogP contribution in [0.3, 0.4) is 0 Å². The van der Waals surface area contributed by atoms with Gasteiger partial charge in [-0.25, -0.2) is 0 Å². The molecule has 0 rings (SSSR count). The van der Waals surface area contributed by atoms with E-state index in [2.05, 4.69) is 13.8 Å². The normalized spacial score (nSPS) is 10.5. The van der Waals surface area contributed by atoms with Crippen LogP contribution in [0.4, 0.5) is 0 Å². The molecule has 1 heteroatoms. The highest BCUT2D eigenvalue weighted by Crippen LogP contribution is 2.02. The molecule has 0 unspecified atom stereocenters. The Morgan fingerprint density at radius 3 is 2.38 bits per heavy atom. The van der Waals surface area contributed by atoms with Crippen molar-refractivity contribution in [2.75, 3.05) is 13.2 Å². The second-order valence-corrected chi connectivity index (χ2v) is 1.95. The topological polar surface area (TPSA) is 9.23 Å². The zero-order valence-corrected chi connectivity index (χ0v) is 6.03. The minimum absolute atomic E-state index is 0.831. The third-order valence-electron chi connectivity index (χ3n) is 1.16. The lowest BCUT2D eigenvalue weighted by molar-refractivity contribution is 0.156. The lowest BCUT2D eigenvalue weighted by Gasteiger charge is -2.05. The lowest BCUT2D eigenvalue weighted by atomic mass is 10.1. The fraction of sp³-hybridized carbons (Fsp3) is 0.857. The molecule has 0 bridgehead atoms. The number of hydrogen-bond donors (Lipinski definition) is 0. The Hall–Kier alpha value is -0.0400. The van der Waals surface area contributed by atoms with Crippen LogP contribution < -0.4 is 0 Å². The van der Waals surface area contributed by atoms with Crippen LogP contribution in [0.5, 0.6) is 0 Å². The van der Waals surface area contributed by atoms with E-state index in [0.29, 0.717) is 0 Å². The molecular weight excluding hydrogens is 100 g/mol. The fourth-order valence-corrected chi connectivity index (χ4v) is 0.378. The van der Waals surface area contributed by atoms with Crippen molar-refractivity contribution in [1.82, 2.24) is 0 Å². The summed E-state index contributed by atoms with van der Waals surface area (Å²) in [6.45, 7) is 7.96. The van der Waals surface area contributed by atoms with Crippen molar-refractivity contribution in [3.63, 3.8) is 0 Å². The largest absolute Gasteiger partial charge is 0.381 e. The highest BCUT2D eigenvalue weighted by atomic mass is 16.5. The van der Waals surface area contributed by atoms with E-state index in [-0.39, 0.29) is 0 Å². The summed E-state index contributed by atoms with van der Waals surface area (Å²) in [4.78, 5) is 0. The molecule has 0 aliphatic rings. The van der Waals surface area contributed by atoms with E-state index >= 15 is 0 Å². The van der Waals surface area contributed by atoms with Crippen LogP contribution in [0.25, 0.3) is 0 Å². The van der Waals surface area contributed by atoms with E-state index in [9.17, 15) is 0 Å². The van der Waals surface area contributed by atoms with Gasteiger partial charge in [0.1, 0.15) is 0 Å². The predicted molar refractivity (Wildman–Crippen MR) is 35.7 cm³/mol. The van der Waals surface area contributed by atoms with Crippen molar-refractivity contribution in [3.05, 3.63) is 5.92 Å². The van der Waals surface area contributed by atoms with Gasteiger partial charge in [-0.1, -0.05) is 13.8 Å². The van der Waals surface area contributed by atoms with Gasteiger partial charge in [0.15, 0.2) is 0 Å². The average Bonchev–Trinajstić information content (AvgIpc) is 1.83. The van der Waals surface area contributed by atoms with E-state index in [1.165, 1.54) is 5.92 Å². The maximum atomic E-state index is 5.15. The summed E-state index contributed by atoms with van der Waals surface area (Å²) in [7, 11) is 0. The molecule has 0 spiro atoms. The minimum atomic E-state index is 0.831. The molecule has 0 N–H and O–H groups in total. The van der Waals surface area contributed by atoms with Gasteiger partial charge >= 0.3 is 0 Å². The van der Waals surface area contributed by atoms with Crippen molar-refractivity contribution < 1.29 is 4.74 Å². The molecule has 0 saturated heterocycles. The zero-order chi connectivity index (χ0) is 6.41. The third-order valence-corrected chi connectivity index (χ3v) is 1.16. The van der Waals surface area contributed by atoms with Gasteiger partial charge in [0, 0.05) is 6.61 Å². The fourth-order valence-electron chi connectivity index (χ4n) is 0.378. The predicted octanol–water partition coefficient (Wildman–Crippen LogP) is 2.03. The van der Waals surface area contributed by atoms with Gasteiger partial charge in [0.25, 0.3) is 0 Å². The molecule has 0 fully saturated rings. The van der Waals surface area contributed by atoms with E-state index < -0.39 is 0 Å². The maximum Gasteiger partial charge on any atom is 0.0525 e.